The maximum atomic E-state index is 9.82. The summed E-state index contributed by atoms with van der Waals surface area (Å²) < 4.78 is 5.46. The first-order chi connectivity index (χ1) is 9.64. The average molecular weight is 289 g/mol. The summed E-state index contributed by atoms with van der Waals surface area (Å²) in [6, 6.07) is 0. The Kier molecular flexibility index (Phi) is 12.5. The molecule has 0 amide bonds. The third-order valence-electron chi connectivity index (χ3n) is 4.17. The molecular formula is C16H35NO3. The molecule has 0 bridgehead atoms. The highest BCUT2D eigenvalue weighted by atomic mass is 16.5. The van der Waals surface area contributed by atoms with Gasteiger partial charge in [-0.15, -0.1) is 0 Å². The number of aliphatic hydroxyl groups is 2. The first kappa shape index (κ1) is 19.8. The predicted molar refractivity (Wildman–Crippen MR) is 83.9 cm³/mol. The van der Waals surface area contributed by atoms with E-state index in [0.29, 0.717) is 13.2 Å². The molecule has 0 spiro atoms. The lowest BCUT2D eigenvalue weighted by atomic mass is 9.83. The first-order valence-electron chi connectivity index (χ1n) is 8.21. The van der Waals surface area contributed by atoms with Gasteiger partial charge in [-0.3, -0.25) is 0 Å². The predicted octanol–water partition coefficient (Wildman–Crippen LogP) is 2.33. The van der Waals surface area contributed by atoms with Gasteiger partial charge in [-0.1, -0.05) is 40.0 Å². The number of aliphatic hydroxyl groups excluding tert-OH is 2. The second-order valence-corrected chi connectivity index (χ2v) is 5.79. The van der Waals surface area contributed by atoms with Crippen molar-refractivity contribution in [3.8, 4) is 0 Å². The van der Waals surface area contributed by atoms with E-state index >= 15 is 0 Å². The number of hydrogen-bond donors (Lipinski definition) is 3. The van der Waals surface area contributed by atoms with Crippen molar-refractivity contribution in [2.45, 2.75) is 65.4 Å². The topological polar surface area (TPSA) is 61.7 Å². The molecule has 0 heterocycles. The number of unbranched alkanes of at least 4 members (excludes halogenated alkanes) is 3. The maximum absolute atomic E-state index is 9.82. The second kappa shape index (κ2) is 12.6. The lowest BCUT2D eigenvalue weighted by Gasteiger charge is -2.30. The fourth-order valence-corrected chi connectivity index (χ4v) is 2.19. The molecule has 4 nitrogen and oxygen atoms in total. The van der Waals surface area contributed by atoms with Gasteiger partial charge in [0.05, 0.1) is 12.7 Å². The van der Waals surface area contributed by atoms with Crippen LogP contribution in [0.5, 0.6) is 0 Å². The molecule has 0 aliphatic carbocycles. The quantitative estimate of drug-likeness (QED) is 0.430. The summed E-state index contributed by atoms with van der Waals surface area (Å²) in [6.07, 6.45) is 6.18. The van der Waals surface area contributed by atoms with E-state index in [1.54, 1.807) is 0 Å². The van der Waals surface area contributed by atoms with Gasteiger partial charge in [-0.05, 0) is 19.3 Å². The molecule has 0 saturated carbocycles. The van der Waals surface area contributed by atoms with Crippen LogP contribution in [0.1, 0.15) is 59.3 Å². The SMILES string of the molecule is CCCCCCOCC(O)CNCC(CC)(CC)CO. The van der Waals surface area contributed by atoms with Crippen molar-refractivity contribution in [1.82, 2.24) is 5.32 Å². The summed E-state index contributed by atoms with van der Waals surface area (Å²) in [5.41, 5.74) is -0.0548. The van der Waals surface area contributed by atoms with Crippen molar-refractivity contribution in [3.63, 3.8) is 0 Å². The standard InChI is InChI=1S/C16H35NO3/c1-4-7-8-9-10-20-12-15(19)11-17-13-16(5-2,6-3)14-18/h15,17-19H,4-14H2,1-3H3. The van der Waals surface area contributed by atoms with Crippen molar-refractivity contribution < 1.29 is 14.9 Å². The van der Waals surface area contributed by atoms with Gasteiger partial charge in [0.25, 0.3) is 0 Å². The molecule has 122 valence electrons. The Bertz CT molecular complexity index is 200. The Morgan fingerprint density at radius 1 is 1.10 bits per heavy atom. The number of ether oxygens (including phenoxy) is 1. The van der Waals surface area contributed by atoms with Crippen LogP contribution in [0, 0.1) is 5.41 Å². The largest absolute Gasteiger partial charge is 0.396 e. The molecule has 0 rings (SSSR count). The van der Waals surface area contributed by atoms with Gasteiger partial charge in [0, 0.05) is 31.7 Å². The van der Waals surface area contributed by atoms with E-state index in [-0.39, 0.29) is 12.0 Å². The molecule has 1 unspecified atom stereocenters. The molecule has 0 aromatic rings. The molecule has 20 heavy (non-hydrogen) atoms. The smallest absolute Gasteiger partial charge is 0.0897 e. The van der Waals surface area contributed by atoms with Crippen molar-refractivity contribution in [2.24, 2.45) is 5.41 Å². The van der Waals surface area contributed by atoms with Crippen LogP contribution in [0.2, 0.25) is 0 Å². The molecule has 0 radical (unpaired) electrons. The summed E-state index contributed by atoms with van der Waals surface area (Å²) in [6.45, 7) is 8.96. The maximum Gasteiger partial charge on any atom is 0.0897 e. The Hall–Kier alpha value is -0.160. The molecule has 0 saturated heterocycles. The highest BCUT2D eigenvalue weighted by Gasteiger charge is 2.24. The first-order valence-corrected chi connectivity index (χ1v) is 8.21. The highest BCUT2D eigenvalue weighted by molar-refractivity contribution is 4.78. The highest BCUT2D eigenvalue weighted by Crippen LogP contribution is 2.24. The van der Waals surface area contributed by atoms with E-state index in [4.69, 9.17) is 4.74 Å². The van der Waals surface area contributed by atoms with Gasteiger partial charge in [0.15, 0.2) is 0 Å². The average Bonchev–Trinajstić information content (AvgIpc) is 2.48. The van der Waals surface area contributed by atoms with Gasteiger partial charge < -0.3 is 20.3 Å². The Balaban J connectivity index is 3.59. The van der Waals surface area contributed by atoms with Crippen LogP contribution in [0.3, 0.4) is 0 Å². The van der Waals surface area contributed by atoms with E-state index in [0.717, 1.165) is 32.4 Å². The lowest BCUT2D eigenvalue weighted by Crippen LogP contribution is -2.40. The zero-order valence-electron chi connectivity index (χ0n) is 13.7. The molecule has 0 fully saturated rings. The Morgan fingerprint density at radius 3 is 2.35 bits per heavy atom. The molecular weight excluding hydrogens is 254 g/mol. The molecule has 1 atom stereocenters. The van der Waals surface area contributed by atoms with Crippen LogP contribution in [-0.2, 0) is 4.74 Å². The lowest BCUT2D eigenvalue weighted by molar-refractivity contribution is 0.0318. The van der Waals surface area contributed by atoms with Gasteiger partial charge in [0.2, 0.25) is 0 Å². The number of nitrogens with one attached hydrogen (secondary N) is 1. The van der Waals surface area contributed by atoms with Crippen LogP contribution >= 0.6 is 0 Å². The zero-order chi connectivity index (χ0) is 15.3. The third-order valence-corrected chi connectivity index (χ3v) is 4.17. The number of rotatable bonds is 14. The van der Waals surface area contributed by atoms with E-state index in [1.165, 1.54) is 19.3 Å². The fourth-order valence-electron chi connectivity index (χ4n) is 2.19. The monoisotopic (exact) mass is 289 g/mol. The van der Waals surface area contributed by atoms with Crippen LogP contribution in [-0.4, -0.2) is 49.2 Å². The minimum absolute atomic E-state index is 0.0548. The van der Waals surface area contributed by atoms with E-state index in [1.807, 2.05) is 0 Å². The molecule has 0 aliphatic heterocycles. The van der Waals surface area contributed by atoms with E-state index < -0.39 is 6.10 Å². The number of hydrogen-bond acceptors (Lipinski definition) is 4. The summed E-state index contributed by atoms with van der Waals surface area (Å²) >= 11 is 0. The molecule has 0 aliphatic rings. The molecule has 0 aromatic carbocycles. The Morgan fingerprint density at radius 2 is 1.80 bits per heavy atom. The minimum Gasteiger partial charge on any atom is -0.396 e. The minimum atomic E-state index is -0.466. The van der Waals surface area contributed by atoms with Crippen LogP contribution in [0.25, 0.3) is 0 Å². The van der Waals surface area contributed by atoms with Crippen LogP contribution in [0.15, 0.2) is 0 Å². The fraction of sp³-hybridized carbons (Fsp3) is 1.00. The summed E-state index contributed by atoms with van der Waals surface area (Å²) in [4.78, 5) is 0. The van der Waals surface area contributed by atoms with Gasteiger partial charge in [-0.2, -0.15) is 0 Å². The van der Waals surface area contributed by atoms with E-state index in [2.05, 4.69) is 26.1 Å². The van der Waals surface area contributed by atoms with Gasteiger partial charge in [-0.25, -0.2) is 0 Å². The Labute approximate surface area is 124 Å². The molecule has 3 N–H and O–H groups in total. The van der Waals surface area contributed by atoms with E-state index in [9.17, 15) is 10.2 Å². The van der Waals surface area contributed by atoms with Crippen molar-refractivity contribution in [2.75, 3.05) is 32.9 Å². The normalized spacial score (nSPS) is 13.7. The van der Waals surface area contributed by atoms with Gasteiger partial charge >= 0.3 is 0 Å². The third kappa shape index (κ3) is 8.90. The summed E-state index contributed by atoms with van der Waals surface area (Å²) in [5.74, 6) is 0. The van der Waals surface area contributed by atoms with Crippen LogP contribution in [0.4, 0.5) is 0 Å². The van der Waals surface area contributed by atoms with Crippen molar-refractivity contribution in [3.05, 3.63) is 0 Å². The summed E-state index contributed by atoms with van der Waals surface area (Å²) in [7, 11) is 0. The van der Waals surface area contributed by atoms with Crippen molar-refractivity contribution >= 4 is 0 Å². The molecule has 0 aromatic heterocycles. The zero-order valence-corrected chi connectivity index (χ0v) is 13.7. The van der Waals surface area contributed by atoms with Gasteiger partial charge in [0.1, 0.15) is 0 Å². The molecule has 4 heteroatoms. The summed E-state index contributed by atoms with van der Waals surface area (Å²) in [5, 5.41) is 22.5. The second-order valence-electron chi connectivity index (χ2n) is 5.79. The van der Waals surface area contributed by atoms with Crippen LogP contribution < -0.4 is 5.32 Å². The van der Waals surface area contributed by atoms with Crippen molar-refractivity contribution in [1.29, 1.82) is 0 Å².